The number of hydrogen-bond donors (Lipinski definition) is 2. The van der Waals surface area contributed by atoms with Crippen LogP contribution in [0.4, 0.5) is 5.82 Å². The van der Waals surface area contributed by atoms with Crippen LogP contribution in [0, 0.1) is 0 Å². The van der Waals surface area contributed by atoms with Crippen LogP contribution in [0.5, 0.6) is 5.75 Å². The molecule has 102 valence electrons. The second-order valence-corrected chi connectivity index (χ2v) is 4.90. The van der Waals surface area contributed by atoms with Crippen molar-refractivity contribution in [2.75, 3.05) is 18.1 Å². The lowest BCUT2D eigenvalue weighted by Gasteiger charge is -2.28. The van der Waals surface area contributed by atoms with E-state index in [1.807, 2.05) is 12.1 Å². The Morgan fingerprint density at radius 3 is 2.74 bits per heavy atom. The number of hydrogen-bond acceptors (Lipinski definition) is 4. The second kappa shape index (κ2) is 5.89. The van der Waals surface area contributed by atoms with Crippen LogP contribution in [0.3, 0.4) is 0 Å². The Bertz CT molecular complexity index is 555. The molecule has 0 aliphatic rings. The van der Waals surface area contributed by atoms with Crippen LogP contribution in [0.1, 0.15) is 20.3 Å². The fourth-order valence-electron chi connectivity index (χ4n) is 2.22. The molecule has 0 radical (unpaired) electrons. The largest absolute Gasteiger partial charge is 0.508 e. The minimum atomic E-state index is 0.166. The van der Waals surface area contributed by atoms with E-state index in [1.165, 1.54) is 0 Å². The van der Waals surface area contributed by atoms with E-state index in [1.54, 1.807) is 18.3 Å². The smallest absolute Gasteiger partial charge is 0.136 e. The quantitative estimate of drug-likeness (QED) is 0.867. The number of aromatic hydroxyl groups is 1. The molecule has 1 aromatic heterocycles. The number of fused-ring (bicyclic) bond motifs is 1. The van der Waals surface area contributed by atoms with Gasteiger partial charge in [-0.25, -0.2) is 4.98 Å². The van der Waals surface area contributed by atoms with Crippen molar-refractivity contribution in [1.82, 2.24) is 4.98 Å². The Morgan fingerprint density at radius 2 is 2.05 bits per heavy atom. The standard InChI is InChI=1S/C15H20N2O2/c1-11(2)17(8-3-9-18)15-14-10-13(19)5-4-12(14)6-7-16-15/h4-7,10-11,18-19H,3,8-9H2,1-2H3. The number of aromatic nitrogens is 1. The third kappa shape index (κ3) is 2.96. The van der Waals surface area contributed by atoms with Crippen molar-refractivity contribution in [2.24, 2.45) is 0 Å². The van der Waals surface area contributed by atoms with Crippen molar-refractivity contribution in [1.29, 1.82) is 0 Å². The summed E-state index contributed by atoms with van der Waals surface area (Å²) in [4.78, 5) is 6.61. The van der Waals surface area contributed by atoms with Gasteiger partial charge >= 0.3 is 0 Å². The number of benzene rings is 1. The van der Waals surface area contributed by atoms with E-state index in [4.69, 9.17) is 5.11 Å². The average molecular weight is 260 g/mol. The zero-order chi connectivity index (χ0) is 13.8. The van der Waals surface area contributed by atoms with Crippen molar-refractivity contribution in [2.45, 2.75) is 26.3 Å². The fourth-order valence-corrected chi connectivity index (χ4v) is 2.22. The maximum Gasteiger partial charge on any atom is 0.136 e. The molecular formula is C15H20N2O2. The van der Waals surface area contributed by atoms with Crippen LogP contribution in [0.15, 0.2) is 30.5 Å². The highest BCUT2D eigenvalue weighted by Crippen LogP contribution is 2.28. The summed E-state index contributed by atoms with van der Waals surface area (Å²) in [6.45, 7) is 5.11. The first-order valence-corrected chi connectivity index (χ1v) is 6.58. The molecule has 1 heterocycles. The van der Waals surface area contributed by atoms with Crippen molar-refractivity contribution in [3.8, 4) is 5.75 Å². The molecule has 2 N–H and O–H groups in total. The lowest BCUT2D eigenvalue weighted by Crippen LogP contribution is -2.33. The first kappa shape index (κ1) is 13.6. The van der Waals surface area contributed by atoms with Crippen LogP contribution in [-0.4, -0.2) is 34.4 Å². The fraction of sp³-hybridized carbons (Fsp3) is 0.400. The molecule has 0 aliphatic heterocycles. The average Bonchev–Trinajstić information content (AvgIpc) is 2.39. The van der Waals surface area contributed by atoms with Gasteiger partial charge in [-0.2, -0.15) is 0 Å². The number of pyridine rings is 1. The molecule has 0 spiro atoms. The maximum absolute atomic E-state index is 9.66. The molecule has 4 nitrogen and oxygen atoms in total. The molecule has 0 bridgehead atoms. The van der Waals surface area contributed by atoms with Gasteiger partial charge in [0.25, 0.3) is 0 Å². The van der Waals surface area contributed by atoms with Gasteiger partial charge in [0, 0.05) is 30.8 Å². The van der Waals surface area contributed by atoms with Crippen LogP contribution < -0.4 is 4.90 Å². The number of phenolic OH excluding ortho intramolecular Hbond substituents is 1. The van der Waals surface area contributed by atoms with Gasteiger partial charge in [-0.15, -0.1) is 0 Å². The van der Waals surface area contributed by atoms with Gasteiger partial charge in [0.1, 0.15) is 11.6 Å². The predicted octanol–water partition coefficient (Wildman–Crippen LogP) is 2.54. The van der Waals surface area contributed by atoms with Crippen molar-refractivity contribution in [3.05, 3.63) is 30.5 Å². The molecule has 2 aromatic rings. The molecule has 2 rings (SSSR count). The number of phenols is 1. The topological polar surface area (TPSA) is 56.6 Å². The molecule has 0 aliphatic carbocycles. The summed E-state index contributed by atoms with van der Waals surface area (Å²) in [6.07, 6.45) is 2.48. The molecular weight excluding hydrogens is 240 g/mol. The highest BCUT2D eigenvalue weighted by Gasteiger charge is 2.14. The summed E-state index contributed by atoms with van der Waals surface area (Å²) < 4.78 is 0. The third-order valence-electron chi connectivity index (χ3n) is 3.18. The Morgan fingerprint density at radius 1 is 1.26 bits per heavy atom. The van der Waals surface area contributed by atoms with Crippen molar-refractivity contribution in [3.63, 3.8) is 0 Å². The lowest BCUT2D eigenvalue weighted by molar-refractivity contribution is 0.288. The Balaban J connectivity index is 2.49. The summed E-state index contributed by atoms with van der Waals surface area (Å²) in [5.74, 6) is 1.10. The minimum absolute atomic E-state index is 0.166. The lowest BCUT2D eigenvalue weighted by atomic mass is 10.1. The summed E-state index contributed by atoms with van der Waals surface area (Å²) >= 11 is 0. The normalized spacial score (nSPS) is 11.2. The summed E-state index contributed by atoms with van der Waals surface area (Å²) in [6, 6.07) is 7.53. The highest BCUT2D eigenvalue weighted by atomic mass is 16.3. The van der Waals surface area contributed by atoms with Gasteiger partial charge in [0.2, 0.25) is 0 Å². The first-order chi connectivity index (χ1) is 9.13. The first-order valence-electron chi connectivity index (χ1n) is 6.58. The Kier molecular flexibility index (Phi) is 4.22. The second-order valence-electron chi connectivity index (χ2n) is 4.90. The SMILES string of the molecule is CC(C)N(CCCO)c1nccc2ccc(O)cc12. The van der Waals surface area contributed by atoms with Crippen LogP contribution >= 0.6 is 0 Å². The molecule has 0 atom stereocenters. The molecule has 0 saturated heterocycles. The molecule has 0 unspecified atom stereocenters. The van der Waals surface area contributed by atoms with Gasteiger partial charge in [-0.3, -0.25) is 0 Å². The van der Waals surface area contributed by atoms with E-state index in [0.29, 0.717) is 6.42 Å². The Labute approximate surface area is 113 Å². The maximum atomic E-state index is 9.66. The number of anilines is 1. The number of aliphatic hydroxyl groups is 1. The van der Waals surface area contributed by atoms with Crippen LogP contribution in [0.25, 0.3) is 10.8 Å². The van der Waals surface area contributed by atoms with Gasteiger partial charge in [0.15, 0.2) is 0 Å². The van der Waals surface area contributed by atoms with E-state index >= 15 is 0 Å². The zero-order valence-corrected chi connectivity index (χ0v) is 11.4. The van der Waals surface area contributed by atoms with Crippen molar-refractivity contribution >= 4 is 16.6 Å². The molecule has 0 amide bonds. The zero-order valence-electron chi connectivity index (χ0n) is 11.4. The van der Waals surface area contributed by atoms with Gasteiger partial charge in [-0.05, 0) is 43.9 Å². The minimum Gasteiger partial charge on any atom is -0.508 e. The van der Waals surface area contributed by atoms with E-state index in [9.17, 15) is 5.11 Å². The van der Waals surface area contributed by atoms with Gasteiger partial charge in [0.05, 0.1) is 0 Å². The molecule has 1 aromatic carbocycles. The van der Waals surface area contributed by atoms with Gasteiger partial charge in [-0.1, -0.05) is 6.07 Å². The Hall–Kier alpha value is -1.81. The summed E-state index contributed by atoms with van der Waals surface area (Å²) in [5.41, 5.74) is 0. The highest BCUT2D eigenvalue weighted by molar-refractivity contribution is 5.93. The molecule has 4 heteroatoms. The molecule has 0 fully saturated rings. The van der Waals surface area contributed by atoms with Crippen molar-refractivity contribution < 1.29 is 10.2 Å². The van der Waals surface area contributed by atoms with E-state index in [2.05, 4.69) is 23.7 Å². The number of aliphatic hydroxyl groups excluding tert-OH is 1. The van der Waals surface area contributed by atoms with E-state index in [0.717, 1.165) is 23.1 Å². The van der Waals surface area contributed by atoms with Gasteiger partial charge < -0.3 is 15.1 Å². The number of nitrogens with zero attached hydrogens (tertiary/aromatic N) is 2. The van der Waals surface area contributed by atoms with E-state index < -0.39 is 0 Å². The van der Waals surface area contributed by atoms with Crippen LogP contribution in [-0.2, 0) is 0 Å². The van der Waals surface area contributed by atoms with Crippen LogP contribution in [0.2, 0.25) is 0 Å². The van der Waals surface area contributed by atoms with E-state index in [-0.39, 0.29) is 18.4 Å². The number of rotatable bonds is 5. The molecule has 19 heavy (non-hydrogen) atoms. The summed E-state index contributed by atoms with van der Waals surface area (Å²) in [7, 11) is 0. The predicted molar refractivity (Wildman–Crippen MR) is 77.6 cm³/mol. The third-order valence-corrected chi connectivity index (χ3v) is 3.18. The molecule has 0 saturated carbocycles. The monoisotopic (exact) mass is 260 g/mol. The summed E-state index contributed by atoms with van der Waals surface area (Å²) in [5, 5.41) is 20.7.